The average Bonchev–Trinajstić information content (AvgIpc) is 3.18. The maximum atomic E-state index is 12.7. The van der Waals surface area contributed by atoms with Gasteiger partial charge in [-0.3, -0.25) is 24.0 Å². The molecule has 14 heteroatoms. The molecular formula is C17H27N5O9. The van der Waals surface area contributed by atoms with Gasteiger partial charge in [-0.2, -0.15) is 0 Å². The lowest BCUT2D eigenvalue weighted by Gasteiger charge is -2.28. The van der Waals surface area contributed by atoms with E-state index in [2.05, 4.69) is 5.32 Å². The Morgan fingerprint density at radius 3 is 2.23 bits per heavy atom. The van der Waals surface area contributed by atoms with Gasteiger partial charge in [0.2, 0.25) is 23.6 Å². The highest BCUT2D eigenvalue weighted by Crippen LogP contribution is 2.19. The fourth-order valence-corrected chi connectivity index (χ4v) is 3.07. The van der Waals surface area contributed by atoms with Gasteiger partial charge in [0.1, 0.15) is 24.2 Å². The molecule has 1 saturated heterocycles. The van der Waals surface area contributed by atoms with Crippen LogP contribution in [0.5, 0.6) is 0 Å². The zero-order chi connectivity index (χ0) is 23.7. The zero-order valence-electron chi connectivity index (χ0n) is 16.7. The number of primary amides is 1. The average molecular weight is 445 g/mol. The highest BCUT2D eigenvalue weighted by atomic mass is 16.4. The summed E-state index contributed by atoms with van der Waals surface area (Å²) < 4.78 is 0. The number of amides is 4. The van der Waals surface area contributed by atoms with E-state index in [4.69, 9.17) is 26.8 Å². The lowest BCUT2D eigenvalue weighted by Crippen LogP contribution is -2.57. The van der Waals surface area contributed by atoms with Crippen LogP contribution in [0, 0.1) is 0 Å². The molecule has 0 spiro atoms. The summed E-state index contributed by atoms with van der Waals surface area (Å²) in [4.78, 5) is 71.7. The number of likely N-dealkylation sites (tertiary alicyclic amines) is 1. The van der Waals surface area contributed by atoms with Gasteiger partial charge in [-0.15, -0.1) is 0 Å². The largest absolute Gasteiger partial charge is 0.481 e. The molecule has 0 aromatic carbocycles. The molecule has 1 fully saturated rings. The third kappa shape index (κ3) is 7.82. The number of nitrogens with zero attached hydrogens (tertiary/aromatic N) is 1. The van der Waals surface area contributed by atoms with Crippen molar-refractivity contribution >= 4 is 35.6 Å². The zero-order valence-corrected chi connectivity index (χ0v) is 16.7. The number of hydrogen-bond acceptors (Lipinski definition) is 8. The van der Waals surface area contributed by atoms with Gasteiger partial charge >= 0.3 is 11.9 Å². The maximum absolute atomic E-state index is 12.7. The second-order valence-corrected chi connectivity index (χ2v) is 7.04. The molecule has 0 bridgehead atoms. The molecule has 1 aliphatic heterocycles. The van der Waals surface area contributed by atoms with Crippen LogP contribution in [-0.4, -0.2) is 93.1 Å². The Kier molecular flexibility index (Phi) is 9.82. The lowest BCUT2D eigenvalue weighted by molar-refractivity contribution is -0.144. The van der Waals surface area contributed by atoms with Gasteiger partial charge in [-0.05, 0) is 19.3 Å². The van der Waals surface area contributed by atoms with Crippen molar-refractivity contribution in [2.45, 2.75) is 56.3 Å². The van der Waals surface area contributed by atoms with Crippen molar-refractivity contribution in [3.63, 3.8) is 0 Å². The van der Waals surface area contributed by atoms with Crippen molar-refractivity contribution in [2.75, 3.05) is 13.2 Å². The van der Waals surface area contributed by atoms with Gasteiger partial charge < -0.3 is 42.3 Å². The third-order valence-corrected chi connectivity index (χ3v) is 4.65. The van der Waals surface area contributed by atoms with Gasteiger partial charge in [0.25, 0.3) is 0 Å². The first kappa shape index (κ1) is 25.8. The first-order chi connectivity index (χ1) is 14.5. The summed E-state index contributed by atoms with van der Waals surface area (Å²) in [6.45, 7) is -0.417. The number of aliphatic carboxylic acids is 2. The summed E-state index contributed by atoms with van der Waals surface area (Å²) in [5.41, 5.74) is 10.5. The van der Waals surface area contributed by atoms with E-state index in [1.54, 1.807) is 0 Å². The van der Waals surface area contributed by atoms with Crippen molar-refractivity contribution in [3.05, 3.63) is 0 Å². The number of carboxylic acids is 2. The van der Waals surface area contributed by atoms with Crippen LogP contribution in [0.25, 0.3) is 0 Å². The van der Waals surface area contributed by atoms with Gasteiger partial charge in [0.05, 0.1) is 13.0 Å². The summed E-state index contributed by atoms with van der Waals surface area (Å²) >= 11 is 0. The highest BCUT2D eigenvalue weighted by molar-refractivity contribution is 5.95. The number of carbonyl (C=O) groups excluding carboxylic acids is 4. The molecule has 4 atom stereocenters. The van der Waals surface area contributed by atoms with Crippen LogP contribution >= 0.6 is 0 Å². The molecule has 0 aromatic rings. The summed E-state index contributed by atoms with van der Waals surface area (Å²) in [6, 6.07) is -5.32. The minimum Gasteiger partial charge on any atom is -0.481 e. The first-order valence-electron chi connectivity index (χ1n) is 9.48. The van der Waals surface area contributed by atoms with Crippen LogP contribution in [-0.2, 0) is 28.8 Å². The molecule has 0 aliphatic carbocycles. The number of aliphatic hydroxyl groups is 1. The summed E-state index contributed by atoms with van der Waals surface area (Å²) in [7, 11) is 0. The van der Waals surface area contributed by atoms with Gasteiger partial charge in [-0.1, -0.05) is 0 Å². The Hall–Kier alpha value is -3.26. The monoisotopic (exact) mass is 445 g/mol. The summed E-state index contributed by atoms with van der Waals surface area (Å²) in [5.74, 6) is -6.22. The van der Waals surface area contributed by atoms with E-state index >= 15 is 0 Å². The van der Waals surface area contributed by atoms with E-state index < -0.39 is 79.2 Å². The smallest absolute Gasteiger partial charge is 0.326 e. The van der Waals surface area contributed by atoms with E-state index in [-0.39, 0.29) is 19.4 Å². The van der Waals surface area contributed by atoms with E-state index in [0.717, 1.165) is 4.90 Å². The van der Waals surface area contributed by atoms with Crippen LogP contribution in [0.15, 0.2) is 0 Å². The third-order valence-electron chi connectivity index (χ3n) is 4.65. The molecule has 1 heterocycles. The fourth-order valence-electron chi connectivity index (χ4n) is 3.07. The van der Waals surface area contributed by atoms with Crippen molar-refractivity contribution in [1.29, 1.82) is 0 Å². The highest BCUT2D eigenvalue weighted by Gasteiger charge is 2.38. The standard InChI is InChI=1S/C17H27N5O9/c18-8(7-23)16(29)22-5-1-2-11(22)15(28)20-9(3-4-13(25)26)14(27)21-10(17(30)31)6-12(19)24/h8-11,23H,1-7,18H2,(H2,19,24)(H,20,28)(H,21,27)(H,25,26)(H,30,31). The molecule has 174 valence electrons. The van der Waals surface area contributed by atoms with Crippen molar-refractivity contribution in [2.24, 2.45) is 11.5 Å². The minimum absolute atomic E-state index is 0.205. The van der Waals surface area contributed by atoms with E-state index in [0.29, 0.717) is 6.42 Å². The lowest BCUT2D eigenvalue weighted by atomic mass is 10.1. The van der Waals surface area contributed by atoms with Crippen molar-refractivity contribution < 1.29 is 44.1 Å². The number of rotatable bonds is 12. The predicted octanol–water partition coefficient (Wildman–Crippen LogP) is -3.91. The normalized spacial score (nSPS) is 18.5. The SMILES string of the molecule is NC(=O)CC(NC(=O)C(CCC(=O)O)NC(=O)C1CCCN1C(=O)C(N)CO)C(=O)O. The van der Waals surface area contributed by atoms with E-state index in [9.17, 15) is 28.8 Å². The fraction of sp³-hybridized carbons (Fsp3) is 0.647. The van der Waals surface area contributed by atoms with Gasteiger partial charge in [0.15, 0.2) is 0 Å². The van der Waals surface area contributed by atoms with Crippen LogP contribution in [0.2, 0.25) is 0 Å². The second kappa shape index (κ2) is 11.8. The number of carbonyl (C=O) groups is 6. The summed E-state index contributed by atoms with van der Waals surface area (Å²) in [6.07, 6.45) is -0.873. The molecule has 1 aliphatic rings. The molecular weight excluding hydrogens is 418 g/mol. The molecule has 31 heavy (non-hydrogen) atoms. The number of nitrogens with two attached hydrogens (primary N) is 2. The number of hydrogen-bond donors (Lipinski definition) is 7. The molecule has 1 rings (SSSR count). The molecule has 0 saturated carbocycles. The Labute approximate surface area is 176 Å². The molecule has 0 radical (unpaired) electrons. The molecule has 9 N–H and O–H groups in total. The van der Waals surface area contributed by atoms with Crippen LogP contribution in [0.1, 0.15) is 32.1 Å². The molecule has 0 aromatic heterocycles. The second-order valence-electron chi connectivity index (χ2n) is 7.04. The topological polar surface area (TPSA) is 242 Å². The Balaban J connectivity index is 2.94. The Bertz CT molecular complexity index is 729. The van der Waals surface area contributed by atoms with Crippen molar-refractivity contribution in [1.82, 2.24) is 15.5 Å². The Morgan fingerprint density at radius 2 is 1.71 bits per heavy atom. The molecule has 4 amide bonds. The van der Waals surface area contributed by atoms with Gasteiger partial charge in [-0.25, -0.2) is 4.79 Å². The number of carboxylic acid groups (broad SMARTS) is 2. The molecule has 14 nitrogen and oxygen atoms in total. The van der Waals surface area contributed by atoms with Crippen molar-refractivity contribution in [3.8, 4) is 0 Å². The molecule has 4 unspecified atom stereocenters. The van der Waals surface area contributed by atoms with Crippen LogP contribution in [0.3, 0.4) is 0 Å². The Morgan fingerprint density at radius 1 is 1.06 bits per heavy atom. The van der Waals surface area contributed by atoms with E-state index in [1.165, 1.54) is 0 Å². The summed E-state index contributed by atoms with van der Waals surface area (Å²) in [5, 5.41) is 31.4. The minimum atomic E-state index is -1.67. The number of nitrogens with one attached hydrogen (secondary N) is 2. The predicted molar refractivity (Wildman–Crippen MR) is 102 cm³/mol. The maximum Gasteiger partial charge on any atom is 0.326 e. The van der Waals surface area contributed by atoms with Crippen LogP contribution in [0.4, 0.5) is 0 Å². The van der Waals surface area contributed by atoms with E-state index in [1.807, 2.05) is 5.32 Å². The van der Waals surface area contributed by atoms with Crippen LogP contribution < -0.4 is 22.1 Å². The quantitative estimate of drug-likeness (QED) is 0.154. The number of aliphatic hydroxyl groups excluding tert-OH is 1. The first-order valence-corrected chi connectivity index (χ1v) is 9.48. The van der Waals surface area contributed by atoms with Gasteiger partial charge in [0, 0.05) is 13.0 Å².